The number of likely N-dealkylation sites (tertiary alicyclic amines) is 1. The number of aliphatic carboxylic acids is 1. The first kappa shape index (κ1) is 61.4. The summed E-state index contributed by atoms with van der Waals surface area (Å²) in [5.74, 6) is -7.02. The lowest BCUT2D eigenvalue weighted by molar-refractivity contribution is -0.145. The molecule has 9 N–H and O–H groups in total. The van der Waals surface area contributed by atoms with E-state index in [1.165, 1.54) is 17.4 Å². The molecule has 1 aromatic heterocycles. The maximum atomic E-state index is 14.8. The molecule has 7 amide bonds. The molecule has 0 aliphatic carbocycles. The fourth-order valence-electron chi connectivity index (χ4n) is 9.37. The molecule has 0 saturated carbocycles. The van der Waals surface area contributed by atoms with Gasteiger partial charge < -0.3 is 52.2 Å². The predicted molar refractivity (Wildman–Crippen MR) is 307 cm³/mol. The molecule has 0 unspecified atom stereocenters. The third kappa shape index (κ3) is 17.6. The number of aromatic amines is 1. The molecular weight excluding hydrogens is 1130 g/mol. The molecule has 0 radical (unpaired) electrons. The largest absolute Gasteiger partial charge is 0.480 e. The number of halogens is 1. The summed E-state index contributed by atoms with van der Waals surface area (Å²) in [5, 5.41) is 29.6. The van der Waals surface area contributed by atoms with Crippen LogP contribution in [0.3, 0.4) is 0 Å². The molecule has 1 saturated heterocycles. The number of carboxylic acid groups (broad SMARTS) is 1. The van der Waals surface area contributed by atoms with E-state index in [4.69, 9.17) is 0 Å². The number of likely N-dealkylation sites (N-methyl/N-ethyl adjacent to an activating group) is 1. The van der Waals surface area contributed by atoms with E-state index >= 15 is 0 Å². The van der Waals surface area contributed by atoms with Gasteiger partial charge in [0.2, 0.25) is 41.4 Å². The first-order valence-electron chi connectivity index (χ1n) is 26.8. The van der Waals surface area contributed by atoms with Gasteiger partial charge in [-0.1, -0.05) is 131 Å². The average molecular weight is 1210 g/mol. The second kappa shape index (κ2) is 30.0. The van der Waals surface area contributed by atoms with Crippen molar-refractivity contribution in [2.45, 2.75) is 115 Å². The number of carbonyl (C=O) groups excluding carboxylic acids is 8. The molecule has 424 valence electrons. The molecule has 1 fully saturated rings. The Bertz CT molecular complexity index is 2910. The van der Waals surface area contributed by atoms with Gasteiger partial charge in [-0.15, -0.1) is 0 Å². The summed E-state index contributed by atoms with van der Waals surface area (Å²) in [5.41, 5.74) is 3.44. The van der Waals surface area contributed by atoms with E-state index in [1.807, 2.05) is 25.1 Å². The van der Waals surface area contributed by atoms with E-state index in [0.717, 1.165) is 3.57 Å². The minimum absolute atomic E-state index is 0.00905. The summed E-state index contributed by atoms with van der Waals surface area (Å²) in [6.07, 6.45) is 3.94. The zero-order chi connectivity index (χ0) is 57.9. The Morgan fingerprint density at radius 2 is 1.18 bits per heavy atom. The lowest BCUT2D eigenvalue weighted by Gasteiger charge is -2.32. The van der Waals surface area contributed by atoms with Crippen molar-refractivity contribution < 1.29 is 48.3 Å². The zero-order valence-electron chi connectivity index (χ0n) is 45.5. The molecule has 0 spiro atoms. The van der Waals surface area contributed by atoms with Gasteiger partial charge in [-0.2, -0.15) is 0 Å². The van der Waals surface area contributed by atoms with Crippen LogP contribution in [0.2, 0.25) is 0 Å². The number of nitrogens with zero attached hydrogens (tertiary/aromatic N) is 2. The number of hydrogen-bond acceptors (Lipinski definition) is 11. The first-order chi connectivity index (χ1) is 38.3. The van der Waals surface area contributed by atoms with Gasteiger partial charge in [0.05, 0.1) is 12.9 Å². The van der Waals surface area contributed by atoms with Gasteiger partial charge in [0.25, 0.3) is 0 Å². The molecule has 21 heteroatoms. The van der Waals surface area contributed by atoms with E-state index in [-0.39, 0.29) is 51.0 Å². The number of carbonyl (C=O) groups is 9. The maximum Gasteiger partial charge on any atom is 0.326 e. The summed E-state index contributed by atoms with van der Waals surface area (Å²) in [7, 11) is 1.58. The van der Waals surface area contributed by atoms with Crippen molar-refractivity contribution >= 4 is 75.7 Å². The predicted octanol–water partition coefficient (Wildman–Crippen LogP) is 3.42. The van der Waals surface area contributed by atoms with Crippen LogP contribution in [0.25, 0.3) is 0 Å². The van der Waals surface area contributed by atoms with Crippen LogP contribution in [0.1, 0.15) is 85.3 Å². The van der Waals surface area contributed by atoms with Crippen LogP contribution in [-0.4, -0.2) is 136 Å². The van der Waals surface area contributed by atoms with Crippen LogP contribution in [0.4, 0.5) is 0 Å². The molecule has 20 nitrogen and oxygen atoms in total. The number of rotatable bonds is 28. The van der Waals surface area contributed by atoms with Crippen LogP contribution in [-0.2, 0) is 64.0 Å². The molecule has 2 heterocycles. The lowest BCUT2D eigenvalue weighted by Crippen LogP contribution is -2.62. The van der Waals surface area contributed by atoms with Crippen LogP contribution < -0.4 is 37.2 Å². The van der Waals surface area contributed by atoms with Crippen molar-refractivity contribution in [3.63, 3.8) is 0 Å². The molecule has 8 atom stereocenters. The summed E-state index contributed by atoms with van der Waals surface area (Å²) in [6.45, 7) is 7.08. The Labute approximate surface area is 479 Å². The highest BCUT2D eigenvalue weighted by atomic mass is 125. The van der Waals surface area contributed by atoms with Gasteiger partial charge in [-0.25, -0.2) is 9.78 Å². The molecule has 5 aromatic rings. The Hall–Kier alpha value is -7.79. The summed E-state index contributed by atoms with van der Waals surface area (Å²) in [4.78, 5) is 133. The smallest absolute Gasteiger partial charge is 0.326 e. The summed E-state index contributed by atoms with van der Waals surface area (Å²) >= 11 is 2.15. The third-order valence-corrected chi connectivity index (χ3v) is 14.8. The first-order valence-corrected chi connectivity index (χ1v) is 27.9. The van der Waals surface area contributed by atoms with E-state index in [0.29, 0.717) is 46.4 Å². The highest BCUT2D eigenvalue weighted by Crippen LogP contribution is 2.22. The van der Waals surface area contributed by atoms with Crippen molar-refractivity contribution in [3.05, 3.63) is 159 Å². The van der Waals surface area contributed by atoms with E-state index < -0.39 is 101 Å². The quantitative estimate of drug-likeness (QED) is 0.0257. The average Bonchev–Trinajstić information content (AvgIpc) is 4.17. The molecule has 0 bridgehead atoms. The monoisotopic (exact) mass is 1200 g/mol. The fourth-order valence-corrected chi connectivity index (χ4v) is 9.73. The van der Waals surface area contributed by atoms with Gasteiger partial charge in [0.1, 0.15) is 42.3 Å². The van der Waals surface area contributed by atoms with Crippen molar-refractivity contribution in [3.8, 4) is 0 Å². The highest BCUT2D eigenvalue weighted by molar-refractivity contribution is 14.1. The Kier molecular flexibility index (Phi) is 23.0. The van der Waals surface area contributed by atoms with Gasteiger partial charge in [0.15, 0.2) is 5.78 Å². The maximum absolute atomic E-state index is 14.8. The number of nitrogens with one attached hydrogen (secondary N) is 8. The number of ketones is 1. The molecule has 1 aliphatic heterocycles. The van der Waals surface area contributed by atoms with Crippen LogP contribution in [0, 0.1) is 15.4 Å². The number of hydrogen-bond donors (Lipinski definition) is 9. The normalized spacial score (nSPS) is 15.7. The lowest BCUT2D eigenvalue weighted by atomic mass is 9.96. The minimum Gasteiger partial charge on any atom is -0.480 e. The van der Waals surface area contributed by atoms with Crippen LogP contribution in [0.15, 0.2) is 122 Å². The van der Waals surface area contributed by atoms with Crippen molar-refractivity contribution in [1.29, 1.82) is 0 Å². The van der Waals surface area contributed by atoms with Crippen molar-refractivity contribution in [2.75, 3.05) is 20.1 Å². The zero-order valence-corrected chi connectivity index (χ0v) is 47.7. The molecular formula is C59H71IN10O10. The molecule has 6 rings (SSSR count). The number of benzene rings is 4. The Morgan fingerprint density at radius 1 is 0.637 bits per heavy atom. The van der Waals surface area contributed by atoms with E-state index in [1.54, 1.807) is 119 Å². The topological polar surface area (TPSA) is 290 Å². The Morgan fingerprint density at radius 3 is 1.75 bits per heavy atom. The van der Waals surface area contributed by atoms with Gasteiger partial charge in [-0.3, -0.25) is 38.4 Å². The second-order valence-corrected chi connectivity index (χ2v) is 21.6. The van der Waals surface area contributed by atoms with E-state index in [9.17, 15) is 48.3 Å². The van der Waals surface area contributed by atoms with Gasteiger partial charge in [0, 0.05) is 58.8 Å². The standard InChI is InChI=1S/C59H71IN10O10/c1-6-36(4)51(57(77)66-46(31-43-32-62-34-63-43)58(78)70-27-13-18-48(70)55(75)67-47(59(79)80)30-37-14-9-7-10-15-37)69-54(74)45(29-39-21-25-42(60)26-22-39)65-56(76)50(35(2)3)68-53(73)44(64-49(71)33-61-5)28-38-19-23-41(24-20-38)52(72)40-16-11-8-12-17-40/h7-12,14-17,19-26,32,34-36,44-48,50-51,61H,6,13,18,27-31,33H2,1-5H3,(H,62,63)(H,64,71)(H,65,76)(H,66,77)(H,67,75)(H,68,73)(H,69,74)(H,79,80)/t36-,44-,45-,46-,47-,48-,50-,51-/m0/s1/i60-2. The Balaban J connectivity index is 1.20. The molecule has 1 aliphatic rings. The van der Waals surface area contributed by atoms with Crippen LogP contribution >= 0.6 is 22.6 Å². The number of aromatic nitrogens is 2. The fraction of sp³-hybridized carbons (Fsp3) is 0.390. The van der Waals surface area contributed by atoms with Crippen molar-refractivity contribution in [2.24, 2.45) is 11.8 Å². The summed E-state index contributed by atoms with van der Waals surface area (Å²) in [6, 6.07) is 23.1. The highest BCUT2D eigenvalue weighted by Gasteiger charge is 2.41. The molecule has 4 aromatic carbocycles. The minimum atomic E-state index is -1.30. The van der Waals surface area contributed by atoms with Gasteiger partial charge >= 0.3 is 5.97 Å². The number of imidazole rings is 1. The number of amides is 7. The van der Waals surface area contributed by atoms with Crippen molar-refractivity contribution in [1.82, 2.24) is 52.1 Å². The summed E-state index contributed by atoms with van der Waals surface area (Å²) < 4.78 is 0.924. The second-order valence-electron chi connectivity index (χ2n) is 20.4. The SMILES string of the molecule is CC[C@H](C)[C@H](NC(=O)[C@H](Cc1ccc([125I])cc1)NC(=O)[C@@H](NC(=O)[C@H](Cc1ccc(C(=O)c2ccccc2)cc1)NC(=O)CNC)C(C)C)C(=O)N[C@@H](Cc1cnc[nH]1)C(=O)N1CCC[C@H]1C(=O)N[C@@H](Cc1ccccc1)C(=O)O. The number of H-pyrrole nitrogens is 1. The third-order valence-electron chi connectivity index (χ3n) is 14.0. The number of carboxylic acids is 1. The molecule has 80 heavy (non-hydrogen) atoms. The van der Waals surface area contributed by atoms with Crippen LogP contribution in [0.5, 0.6) is 0 Å². The van der Waals surface area contributed by atoms with Gasteiger partial charge in [-0.05, 0) is 83.1 Å². The van der Waals surface area contributed by atoms with E-state index in [2.05, 4.69) is 69.8 Å².